The molecule has 1 unspecified atom stereocenters. The summed E-state index contributed by atoms with van der Waals surface area (Å²) in [5.41, 5.74) is 3.67. The largest absolute Gasteiger partial charge is 0.391 e. The molecule has 6 rings (SSSR count). The summed E-state index contributed by atoms with van der Waals surface area (Å²) in [4.78, 5) is 56.5. The monoisotopic (exact) mass is 605 g/mol. The third-order valence-electron chi connectivity index (χ3n) is 8.58. The number of hydrogen-bond acceptors (Lipinski definition) is 5. The van der Waals surface area contributed by atoms with Crippen molar-refractivity contribution in [2.24, 2.45) is 7.05 Å². The van der Waals surface area contributed by atoms with Crippen LogP contribution in [0, 0.1) is 0 Å². The first-order chi connectivity index (χ1) is 21.7. The van der Waals surface area contributed by atoms with E-state index in [-0.39, 0.29) is 31.2 Å². The van der Waals surface area contributed by atoms with Gasteiger partial charge < -0.3 is 24.8 Å². The highest BCUT2D eigenvalue weighted by Crippen LogP contribution is 2.27. The van der Waals surface area contributed by atoms with Crippen LogP contribution in [0.2, 0.25) is 0 Å². The predicted octanol–water partition coefficient (Wildman–Crippen LogP) is 3.13. The molecule has 230 valence electrons. The lowest BCUT2D eigenvalue weighted by molar-refractivity contribution is -0.136. The van der Waals surface area contributed by atoms with E-state index < -0.39 is 24.1 Å². The topological polar surface area (TPSA) is 117 Å². The van der Waals surface area contributed by atoms with Gasteiger partial charge in [-0.05, 0) is 23.3 Å². The summed E-state index contributed by atoms with van der Waals surface area (Å²) in [7, 11) is 3.53. The first-order valence-corrected chi connectivity index (χ1v) is 14.9. The van der Waals surface area contributed by atoms with Gasteiger partial charge in [-0.2, -0.15) is 0 Å². The van der Waals surface area contributed by atoms with Crippen molar-refractivity contribution in [3.05, 3.63) is 108 Å². The molecule has 5 aromatic rings. The van der Waals surface area contributed by atoms with E-state index in [0.717, 1.165) is 27.4 Å². The van der Waals surface area contributed by atoms with E-state index in [9.17, 15) is 24.3 Å². The Morgan fingerprint density at radius 1 is 0.956 bits per heavy atom. The molecule has 10 heteroatoms. The molecule has 0 saturated carbocycles. The van der Waals surface area contributed by atoms with Crippen molar-refractivity contribution in [3.63, 3.8) is 0 Å². The Bertz CT molecular complexity index is 1890. The van der Waals surface area contributed by atoms with E-state index in [1.165, 1.54) is 9.47 Å². The second-order valence-corrected chi connectivity index (χ2v) is 11.7. The lowest BCUT2D eigenvalue weighted by Crippen LogP contribution is -2.54. The van der Waals surface area contributed by atoms with Crippen LogP contribution < -0.4 is 5.32 Å². The van der Waals surface area contributed by atoms with Gasteiger partial charge in [0.15, 0.2) is 0 Å². The molecule has 0 bridgehead atoms. The summed E-state index contributed by atoms with van der Waals surface area (Å²) >= 11 is 0. The van der Waals surface area contributed by atoms with Gasteiger partial charge >= 0.3 is 0 Å². The number of amides is 3. The number of rotatable bonds is 9. The minimum absolute atomic E-state index is 0.000509. The Kier molecular flexibility index (Phi) is 8.23. The van der Waals surface area contributed by atoms with Crippen LogP contribution in [0.25, 0.3) is 21.8 Å². The molecule has 3 aromatic carbocycles. The molecule has 1 aliphatic heterocycles. The molecule has 1 aliphatic rings. The second kappa shape index (κ2) is 12.4. The van der Waals surface area contributed by atoms with Gasteiger partial charge in [0.2, 0.25) is 18.2 Å². The zero-order valence-corrected chi connectivity index (χ0v) is 25.2. The number of aliphatic hydroxyl groups excluding tert-OH is 1. The van der Waals surface area contributed by atoms with Crippen molar-refractivity contribution in [3.8, 4) is 0 Å². The molecule has 0 spiro atoms. The van der Waals surface area contributed by atoms with Crippen molar-refractivity contribution < 1.29 is 24.3 Å². The summed E-state index contributed by atoms with van der Waals surface area (Å²) in [6.07, 6.45) is 3.40. The number of likely N-dealkylation sites (N-methyl/N-ethyl adjacent to an activating group) is 1. The van der Waals surface area contributed by atoms with Crippen molar-refractivity contribution in [2.75, 3.05) is 13.6 Å². The Morgan fingerprint density at radius 3 is 2.36 bits per heavy atom. The van der Waals surface area contributed by atoms with E-state index in [2.05, 4.69) is 5.32 Å². The zero-order chi connectivity index (χ0) is 31.7. The van der Waals surface area contributed by atoms with Gasteiger partial charge in [-0.1, -0.05) is 66.7 Å². The Balaban J connectivity index is 1.29. The number of nitrogens with zero attached hydrogens (tertiary/aromatic N) is 4. The van der Waals surface area contributed by atoms with Gasteiger partial charge in [0.1, 0.15) is 12.1 Å². The molecule has 10 nitrogen and oxygen atoms in total. The minimum atomic E-state index is -0.996. The average molecular weight is 606 g/mol. The first kappa shape index (κ1) is 29.8. The molecule has 3 atom stereocenters. The number of fused-ring (bicyclic) bond motifs is 2. The van der Waals surface area contributed by atoms with Crippen LogP contribution in [0.5, 0.6) is 0 Å². The number of aliphatic hydroxyl groups is 1. The van der Waals surface area contributed by atoms with Gasteiger partial charge in [-0.15, -0.1) is 0 Å². The fraction of sp³-hybridized carbons (Fsp3) is 0.257. The summed E-state index contributed by atoms with van der Waals surface area (Å²) in [5.74, 6) is -1.20. The highest BCUT2D eigenvalue weighted by molar-refractivity contribution is 6.08. The van der Waals surface area contributed by atoms with Crippen molar-refractivity contribution in [1.29, 1.82) is 0 Å². The minimum Gasteiger partial charge on any atom is -0.391 e. The maximum Gasteiger partial charge on any atom is 0.256 e. The number of aromatic nitrogens is 2. The van der Waals surface area contributed by atoms with E-state index in [1.807, 2.05) is 90.5 Å². The molecular weight excluding hydrogens is 570 g/mol. The number of hydrogen-bond donors (Lipinski definition) is 2. The number of para-hydroxylation sites is 2. The Labute approximate surface area is 260 Å². The second-order valence-electron chi connectivity index (χ2n) is 11.7. The van der Waals surface area contributed by atoms with Gasteiger partial charge in [-0.25, -0.2) is 0 Å². The number of nitrogens with one attached hydrogen (secondary N) is 1. The van der Waals surface area contributed by atoms with Gasteiger partial charge in [0, 0.05) is 68.7 Å². The summed E-state index contributed by atoms with van der Waals surface area (Å²) < 4.78 is 3.32. The third-order valence-corrected chi connectivity index (χ3v) is 8.58. The molecule has 0 radical (unpaired) electrons. The lowest BCUT2D eigenvalue weighted by Gasteiger charge is -2.28. The van der Waals surface area contributed by atoms with Crippen molar-refractivity contribution >= 4 is 45.9 Å². The number of benzene rings is 3. The normalized spacial score (nSPS) is 17.0. The fourth-order valence-electron chi connectivity index (χ4n) is 6.37. The standard InChI is InChI=1S/C35H35N5O5/c1-37-21-28(27-13-7-8-14-30(27)37)34(44)40-20-25(42)17-32(40)33(43)36-29(35(45)38(2)18-23-10-4-3-5-11-23)16-24-19-39(22-41)31-15-9-6-12-26(24)31/h3-15,19,21-22,25,29,32,42H,16-18,20H2,1-2H3,(H,36,43)/t25-,29-,32?/m1/s1. The highest BCUT2D eigenvalue weighted by Gasteiger charge is 2.41. The third kappa shape index (κ3) is 5.84. The average Bonchev–Trinajstić information content (AvgIpc) is 3.73. The van der Waals surface area contributed by atoms with Crippen LogP contribution in [0.15, 0.2) is 91.3 Å². The van der Waals surface area contributed by atoms with Crippen LogP contribution in [0.1, 0.15) is 27.9 Å². The molecule has 0 aliphatic carbocycles. The van der Waals surface area contributed by atoms with E-state index in [1.54, 1.807) is 24.3 Å². The number of carbonyl (C=O) groups excluding carboxylic acids is 4. The van der Waals surface area contributed by atoms with Crippen LogP contribution in [-0.4, -0.2) is 80.0 Å². The summed E-state index contributed by atoms with van der Waals surface area (Å²) in [5, 5.41) is 15.1. The lowest BCUT2D eigenvalue weighted by atomic mass is 10.0. The summed E-state index contributed by atoms with van der Waals surface area (Å²) in [6.45, 7) is 0.329. The quantitative estimate of drug-likeness (QED) is 0.251. The van der Waals surface area contributed by atoms with Gasteiger partial charge in [0.25, 0.3) is 5.91 Å². The maximum atomic E-state index is 14.0. The van der Waals surface area contributed by atoms with Crippen LogP contribution >= 0.6 is 0 Å². The molecule has 1 saturated heterocycles. The zero-order valence-electron chi connectivity index (χ0n) is 25.2. The number of aryl methyl sites for hydroxylation is 1. The molecule has 3 amide bonds. The molecule has 1 fully saturated rings. The van der Waals surface area contributed by atoms with Crippen LogP contribution in [0.3, 0.4) is 0 Å². The smallest absolute Gasteiger partial charge is 0.256 e. The van der Waals surface area contributed by atoms with E-state index >= 15 is 0 Å². The fourth-order valence-corrected chi connectivity index (χ4v) is 6.37. The molecule has 2 N–H and O–H groups in total. The Morgan fingerprint density at radius 2 is 1.62 bits per heavy atom. The maximum absolute atomic E-state index is 14.0. The van der Waals surface area contributed by atoms with Gasteiger partial charge in [-0.3, -0.25) is 23.7 Å². The van der Waals surface area contributed by atoms with Crippen molar-refractivity contribution in [1.82, 2.24) is 24.3 Å². The molecule has 45 heavy (non-hydrogen) atoms. The number of β-amino-alcohol motifs (C(OH)–C–C–N with tert-alkyl or cyclic N) is 1. The Hall–Kier alpha value is -5.22. The molecule has 2 aromatic heterocycles. The molecule has 3 heterocycles. The van der Waals surface area contributed by atoms with Crippen LogP contribution in [-0.2, 0) is 34.4 Å². The van der Waals surface area contributed by atoms with Crippen LogP contribution in [0.4, 0.5) is 0 Å². The van der Waals surface area contributed by atoms with E-state index in [4.69, 9.17) is 0 Å². The number of carbonyl (C=O) groups is 4. The van der Waals surface area contributed by atoms with Crippen molar-refractivity contribution in [2.45, 2.75) is 37.6 Å². The highest BCUT2D eigenvalue weighted by atomic mass is 16.3. The summed E-state index contributed by atoms with van der Waals surface area (Å²) in [6, 6.07) is 22.5. The SMILES string of the molecule is CN(Cc1ccccc1)C(=O)[C@@H](Cc1cn(C=O)c2ccccc12)NC(=O)C1C[C@@H](O)CN1C(=O)c1cn(C)c2ccccc12. The number of likely N-dealkylation sites (tertiary alicyclic amines) is 1. The van der Waals surface area contributed by atoms with E-state index in [0.29, 0.717) is 24.0 Å². The first-order valence-electron chi connectivity index (χ1n) is 14.9. The molecular formula is C35H35N5O5. The van der Waals surface area contributed by atoms with Gasteiger partial charge in [0.05, 0.1) is 17.2 Å². The predicted molar refractivity (Wildman–Crippen MR) is 171 cm³/mol.